The summed E-state index contributed by atoms with van der Waals surface area (Å²) >= 11 is 0. The van der Waals surface area contributed by atoms with Crippen LogP contribution in [0.1, 0.15) is 0 Å². The Kier molecular flexibility index (Phi) is 8.99. The zero-order valence-corrected chi connectivity index (χ0v) is 8.48. The third kappa shape index (κ3) is 8.07. The lowest BCUT2D eigenvalue weighted by Crippen LogP contribution is -2.15. The van der Waals surface area contributed by atoms with Crippen molar-refractivity contribution >= 4 is 5.97 Å². The van der Waals surface area contributed by atoms with Gasteiger partial charge >= 0.3 is 5.97 Å². The van der Waals surface area contributed by atoms with Crippen LogP contribution in [0.25, 0.3) is 0 Å². The van der Waals surface area contributed by atoms with Gasteiger partial charge in [-0.15, -0.1) is 0 Å². The molecule has 0 amide bonds. The topological polar surface area (TPSA) is 85.2 Å². The smallest absolute Gasteiger partial charge is 0.335 e. The van der Waals surface area contributed by atoms with Crippen LogP contribution < -0.4 is 0 Å². The minimum absolute atomic E-state index is 0.00428. The molecule has 0 aromatic rings. The molecule has 6 nitrogen and oxygen atoms in total. The number of rotatable bonds is 9. The zero-order chi connectivity index (χ0) is 11.5. The normalized spacial score (nSPS) is 10.0. The Hall–Kier alpha value is -0.950. The molecular formula is C9H16O6. The van der Waals surface area contributed by atoms with Crippen molar-refractivity contribution in [3.63, 3.8) is 0 Å². The number of hydrogen-bond donors (Lipinski definition) is 2. The third-order valence-electron chi connectivity index (χ3n) is 1.29. The summed E-state index contributed by atoms with van der Waals surface area (Å²) in [7, 11) is 0. The summed E-state index contributed by atoms with van der Waals surface area (Å²) in [5, 5.41) is 16.8. The number of ether oxygens (including phenoxy) is 3. The average molecular weight is 220 g/mol. The molecule has 6 heteroatoms. The average Bonchev–Trinajstić information content (AvgIpc) is 2.25. The van der Waals surface area contributed by atoms with E-state index in [2.05, 4.69) is 11.3 Å². The molecule has 0 aromatic heterocycles. The molecule has 0 saturated carbocycles. The van der Waals surface area contributed by atoms with Crippen molar-refractivity contribution in [1.29, 1.82) is 0 Å². The van der Waals surface area contributed by atoms with Gasteiger partial charge in [0, 0.05) is 0 Å². The molecule has 0 fully saturated rings. The highest BCUT2D eigenvalue weighted by Gasteiger charge is 2.07. The molecule has 2 N–H and O–H groups in total. The Morgan fingerprint density at radius 1 is 1.13 bits per heavy atom. The van der Waals surface area contributed by atoms with Gasteiger partial charge in [-0.05, 0) is 0 Å². The molecule has 0 bridgehead atoms. The highest BCUT2D eigenvalue weighted by molar-refractivity contribution is 5.87. The summed E-state index contributed by atoms with van der Waals surface area (Å²) in [5.74, 6) is -0.605. The van der Waals surface area contributed by atoms with Gasteiger partial charge < -0.3 is 24.4 Å². The van der Waals surface area contributed by atoms with E-state index in [4.69, 9.17) is 19.7 Å². The van der Waals surface area contributed by atoms with Gasteiger partial charge in [0.1, 0.15) is 13.4 Å². The van der Waals surface area contributed by atoms with E-state index in [0.717, 1.165) is 0 Å². The second kappa shape index (κ2) is 9.60. The van der Waals surface area contributed by atoms with Gasteiger partial charge in [0.25, 0.3) is 0 Å². The molecule has 88 valence electrons. The molecule has 0 aliphatic rings. The Morgan fingerprint density at radius 3 is 2.40 bits per heavy atom. The van der Waals surface area contributed by atoms with Crippen molar-refractivity contribution in [2.45, 2.75) is 0 Å². The summed E-state index contributed by atoms with van der Waals surface area (Å²) < 4.78 is 14.3. The molecule has 0 aliphatic heterocycles. The fourth-order valence-corrected chi connectivity index (χ4v) is 0.647. The van der Waals surface area contributed by atoms with E-state index in [1.807, 2.05) is 0 Å². The summed E-state index contributed by atoms with van der Waals surface area (Å²) in [6.07, 6.45) is 0. The van der Waals surface area contributed by atoms with Gasteiger partial charge in [0.05, 0.1) is 32.0 Å². The zero-order valence-electron chi connectivity index (χ0n) is 8.48. The van der Waals surface area contributed by atoms with Gasteiger partial charge in [-0.2, -0.15) is 0 Å². The Bertz CT molecular complexity index is 191. The fraction of sp³-hybridized carbons (Fsp3) is 0.667. The number of carbonyl (C=O) groups excluding carboxylic acids is 1. The lowest BCUT2D eigenvalue weighted by molar-refractivity contribution is -0.141. The van der Waals surface area contributed by atoms with E-state index < -0.39 is 5.97 Å². The minimum atomic E-state index is -0.605. The second-order valence-electron chi connectivity index (χ2n) is 2.56. The van der Waals surface area contributed by atoms with E-state index in [0.29, 0.717) is 0 Å². The molecule has 0 aromatic carbocycles. The number of carbonyl (C=O) groups is 1. The molecule has 15 heavy (non-hydrogen) atoms. The summed E-state index contributed by atoms with van der Waals surface area (Å²) in [4.78, 5) is 11.0. The first-order valence-electron chi connectivity index (χ1n) is 4.44. The molecule has 0 radical (unpaired) electrons. The van der Waals surface area contributed by atoms with Crippen LogP contribution in [-0.4, -0.2) is 56.0 Å². The van der Waals surface area contributed by atoms with Crippen LogP contribution in [0.15, 0.2) is 12.2 Å². The van der Waals surface area contributed by atoms with Crippen molar-refractivity contribution < 1.29 is 29.2 Å². The molecular weight excluding hydrogens is 204 g/mol. The van der Waals surface area contributed by atoms with Crippen molar-refractivity contribution in [1.82, 2.24) is 0 Å². The highest BCUT2D eigenvalue weighted by Crippen LogP contribution is 1.95. The van der Waals surface area contributed by atoms with Crippen LogP contribution in [0.3, 0.4) is 0 Å². The largest absolute Gasteiger partial charge is 0.460 e. The first kappa shape index (κ1) is 14.1. The Balaban J connectivity index is 3.43. The predicted molar refractivity (Wildman–Crippen MR) is 51.0 cm³/mol. The summed E-state index contributed by atoms with van der Waals surface area (Å²) in [6, 6.07) is 0. The monoisotopic (exact) mass is 220 g/mol. The Labute approximate surface area is 88.1 Å². The van der Waals surface area contributed by atoms with Crippen LogP contribution in [0.2, 0.25) is 0 Å². The fourth-order valence-electron chi connectivity index (χ4n) is 0.647. The Morgan fingerprint density at radius 2 is 1.80 bits per heavy atom. The minimum Gasteiger partial charge on any atom is -0.460 e. The van der Waals surface area contributed by atoms with E-state index in [-0.39, 0.29) is 45.4 Å². The van der Waals surface area contributed by atoms with Gasteiger partial charge in [0.2, 0.25) is 0 Å². The predicted octanol–water partition coefficient (Wildman–Crippen LogP) is -0.939. The molecule has 0 saturated heterocycles. The van der Waals surface area contributed by atoms with Crippen LogP contribution in [0, 0.1) is 0 Å². The molecule has 0 heterocycles. The lowest BCUT2D eigenvalue weighted by atomic mass is 10.3. The van der Waals surface area contributed by atoms with Gasteiger partial charge in [-0.3, -0.25) is 0 Å². The van der Waals surface area contributed by atoms with Crippen LogP contribution in [0.5, 0.6) is 0 Å². The maximum absolute atomic E-state index is 11.0. The summed E-state index contributed by atoms with van der Waals surface area (Å²) in [5.41, 5.74) is 0.149. The van der Waals surface area contributed by atoms with Crippen LogP contribution in [-0.2, 0) is 19.0 Å². The number of aliphatic hydroxyl groups is 2. The summed E-state index contributed by atoms with van der Waals surface area (Å²) in [6.45, 7) is 3.24. The van der Waals surface area contributed by atoms with Gasteiger partial charge in [-0.25, -0.2) is 4.79 Å². The van der Waals surface area contributed by atoms with Gasteiger partial charge in [0.15, 0.2) is 0 Å². The van der Waals surface area contributed by atoms with Crippen molar-refractivity contribution in [2.75, 3.05) is 39.8 Å². The number of esters is 1. The standard InChI is InChI=1S/C9H16O6/c1-8(9(12)15-5-3-11)6-14-7-13-4-2-10/h10-11H,1-7H2. The molecule has 0 rings (SSSR count). The SMILES string of the molecule is C=C(COCOCCO)C(=O)OCCO. The first-order valence-corrected chi connectivity index (χ1v) is 4.44. The number of hydrogen-bond acceptors (Lipinski definition) is 6. The lowest BCUT2D eigenvalue weighted by Gasteiger charge is -2.07. The van der Waals surface area contributed by atoms with E-state index >= 15 is 0 Å². The second-order valence-corrected chi connectivity index (χ2v) is 2.56. The van der Waals surface area contributed by atoms with Crippen LogP contribution in [0.4, 0.5) is 0 Å². The first-order chi connectivity index (χ1) is 7.22. The van der Waals surface area contributed by atoms with Crippen molar-refractivity contribution in [3.8, 4) is 0 Å². The van der Waals surface area contributed by atoms with Gasteiger partial charge in [-0.1, -0.05) is 6.58 Å². The quantitative estimate of drug-likeness (QED) is 0.226. The van der Waals surface area contributed by atoms with Crippen molar-refractivity contribution in [3.05, 3.63) is 12.2 Å². The molecule has 0 atom stereocenters. The van der Waals surface area contributed by atoms with E-state index in [9.17, 15) is 4.79 Å². The molecule has 0 unspecified atom stereocenters. The van der Waals surface area contributed by atoms with Crippen LogP contribution >= 0.6 is 0 Å². The van der Waals surface area contributed by atoms with E-state index in [1.54, 1.807) is 0 Å². The molecule has 0 aliphatic carbocycles. The van der Waals surface area contributed by atoms with E-state index in [1.165, 1.54) is 0 Å². The molecule has 0 spiro atoms. The van der Waals surface area contributed by atoms with Crippen molar-refractivity contribution in [2.24, 2.45) is 0 Å². The number of aliphatic hydroxyl groups excluding tert-OH is 2. The maximum atomic E-state index is 11.0. The third-order valence-corrected chi connectivity index (χ3v) is 1.29. The highest BCUT2D eigenvalue weighted by atomic mass is 16.7. The maximum Gasteiger partial charge on any atom is 0.335 e.